The summed E-state index contributed by atoms with van der Waals surface area (Å²) in [6.45, 7) is 4.01. The second-order valence-electron chi connectivity index (χ2n) is 3.69. The van der Waals surface area contributed by atoms with E-state index in [1.807, 2.05) is 13.8 Å². The van der Waals surface area contributed by atoms with E-state index in [1.54, 1.807) is 0 Å². The van der Waals surface area contributed by atoms with Gasteiger partial charge >= 0.3 is 5.97 Å². The van der Waals surface area contributed by atoms with Crippen molar-refractivity contribution in [2.45, 2.75) is 45.3 Å². The molecule has 0 aromatic rings. The molecular formula is C9H16O3. The number of ether oxygens (including phenoxy) is 1. The van der Waals surface area contributed by atoms with Gasteiger partial charge in [-0.15, -0.1) is 0 Å². The Bertz CT molecular complexity index is 157. The monoisotopic (exact) mass is 172 g/mol. The largest absolute Gasteiger partial charge is 0.481 e. The molecule has 1 aliphatic heterocycles. The highest BCUT2D eigenvalue weighted by Crippen LogP contribution is 2.26. The van der Waals surface area contributed by atoms with Crippen LogP contribution in [0.2, 0.25) is 0 Å². The molecule has 0 aromatic carbocycles. The highest BCUT2D eigenvalue weighted by molar-refractivity contribution is 5.67. The van der Waals surface area contributed by atoms with Crippen molar-refractivity contribution in [3.05, 3.63) is 0 Å². The molecule has 0 aromatic heterocycles. The molecule has 0 bridgehead atoms. The third kappa shape index (κ3) is 2.81. The van der Waals surface area contributed by atoms with Crippen molar-refractivity contribution in [3.63, 3.8) is 0 Å². The number of carboxylic acid groups (broad SMARTS) is 1. The minimum Gasteiger partial charge on any atom is -0.481 e. The molecule has 0 spiro atoms. The highest BCUT2D eigenvalue weighted by Gasteiger charge is 2.25. The summed E-state index contributed by atoms with van der Waals surface area (Å²) in [6.07, 6.45) is 2.50. The van der Waals surface area contributed by atoms with Gasteiger partial charge in [-0.3, -0.25) is 4.79 Å². The van der Waals surface area contributed by atoms with E-state index < -0.39 is 5.97 Å². The minimum absolute atomic E-state index is 0.220. The molecule has 3 heteroatoms. The van der Waals surface area contributed by atoms with Gasteiger partial charge in [0.25, 0.3) is 0 Å². The smallest absolute Gasteiger partial charge is 0.303 e. The molecule has 0 amide bonds. The summed E-state index contributed by atoms with van der Waals surface area (Å²) in [4.78, 5) is 10.4. The Kier molecular flexibility index (Phi) is 3.09. The van der Waals surface area contributed by atoms with Crippen molar-refractivity contribution >= 4 is 5.97 Å². The quantitative estimate of drug-likeness (QED) is 0.689. The van der Waals surface area contributed by atoms with Gasteiger partial charge < -0.3 is 9.84 Å². The number of carboxylic acids is 1. The first kappa shape index (κ1) is 9.52. The molecule has 1 aliphatic rings. The van der Waals surface area contributed by atoms with E-state index >= 15 is 0 Å². The van der Waals surface area contributed by atoms with E-state index in [0.29, 0.717) is 5.92 Å². The van der Waals surface area contributed by atoms with Crippen LogP contribution in [-0.4, -0.2) is 23.3 Å². The normalized spacial score (nSPS) is 36.3. The van der Waals surface area contributed by atoms with Gasteiger partial charge in [0.2, 0.25) is 0 Å². The summed E-state index contributed by atoms with van der Waals surface area (Å²) in [5.41, 5.74) is 0. The van der Waals surface area contributed by atoms with Gasteiger partial charge in [0.1, 0.15) is 0 Å². The maximum absolute atomic E-state index is 10.4. The van der Waals surface area contributed by atoms with Crippen molar-refractivity contribution < 1.29 is 14.6 Å². The molecule has 1 rings (SSSR count). The van der Waals surface area contributed by atoms with Crippen LogP contribution in [-0.2, 0) is 9.53 Å². The third-order valence-corrected chi connectivity index (χ3v) is 2.26. The maximum atomic E-state index is 10.4. The van der Waals surface area contributed by atoms with E-state index in [0.717, 1.165) is 12.8 Å². The molecule has 1 saturated heterocycles. The van der Waals surface area contributed by atoms with Gasteiger partial charge in [0.05, 0.1) is 12.2 Å². The zero-order chi connectivity index (χ0) is 9.14. The summed E-state index contributed by atoms with van der Waals surface area (Å²) in [5.74, 6) is -0.387. The Labute approximate surface area is 72.7 Å². The lowest BCUT2D eigenvalue weighted by molar-refractivity contribution is -0.140. The average molecular weight is 172 g/mol. The molecule has 0 saturated carbocycles. The zero-order valence-electron chi connectivity index (χ0n) is 7.62. The lowest BCUT2D eigenvalue weighted by Crippen LogP contribution is -2.30. The van der Waals surface area contributed by atoms with E-state index in [2.05, 4.69) is 0 Å². The third-order valence-electron chi connectivity index (χ3n) is 2.26. The van der Waals surface area contributed by atoms with Crippen LogP contribution in [0.5, 0.6) is 0 Å². The van der Waals surface area contributed by atoms with E-state index in [-0.39, 0.29) is 18.6 Å². The molecular weight excluding hydrogens is 156 g/mol. The van der Waals surface area contributed by atoms with Gasteiger partial charge in [0, 0.05) is 6.42 Å². The molecule has 1 N–H and O–H groups in total. The van der Waals surface area contributed by atoms with Gasteiger partial charge in [-0.05, 0) is 32.6 Å². The van der Waals surface area contributed by atoms with Gasteiger partial charge in [-0.1, -0.05) is 0 Å². The van der Waals surface area contributed by atoms with Crippen LogP contribution in [0.4, 0.5) is 0 Å². The lowest BCUT2D eigenvalue weighted by Gasteiger charge is -2.31. The molecule has 12 heavy (non-hydrogen) atoms. The standard InChI is InChI=1S/C9H16O3/c1-6-3-8(5-9(10)11)4-7(2)12-6/h6-8H,3-5H2,1-2H3,(H,10,11)/t6-,7+,8?. The summed E-state index contributed by atoms with van der Waals surface area (Å²) >= 11 is 0. The van der Waals surface area contributed by atoms with Crippen molar-refractivity contribution in [1.82, 2.24) is 0 Å². The van der Waals surface area contributed by atoms with Crippen LogP contribution in [0.25, 0.3) is 0 Å². The molecule has 1 heterocycles. The SMILES string of the molecule is C[C@@H]1CC(CC(=O)O)C[C@H](C)O1. The number of aliphatic carboxylic acids is 1. The predicted octanol–water partition coefficient (Wildman–Crippen LogP) is 1.66. The van der Waals surface area contributed by atoms with Crippen molar-refractivity contribution in [3.8, 4) is 0 Å². The molecule has 3 atom stereocenters. The number of hydrogen-bond donors (Lipinski definition) is 1. The fourth-order valence-electron chi connectivity index (χ4n) is 1.96. The summed E-state index contributed by atoms with van der Waals surface area (Å²) in [5, 5.41) is 8.60. The van der Waals surface area contributed by atoms with Crippen LogP contribution in [0.3, 0.4) is 0 Å². The Morgan fingerprint density at radius 3 is 2.33 bits per heavy atom. The molecule has 70 valence electrons. The number of hydrogen-bond acceptors (Lipinski definition) is 2. The minimum atomic E-state index is -0.693. The second kappa shape index (κ2) is 3.90. The molecule has 3 nitrogen and oxygen atoms in total. The van der Waals surface area contributed by atoms with Crippen LogP contribution in [0.1, 0.15) is 33.1 Å². The van der Waals surface area contributed by atoms with Crippen LogP contribution >= 0.6 is 0 Å². The zero-order valence-corrected chi connectivity index (χ0v) is 7.62. The topological polar surface area (TPSA) is 46.5 Å². The maximum Gasteiger partial charge on any atom is 0.303 e. The average Bonchev–Trinajstić information content (AvgIpc) is 1.81. The Morgan fingerprint density at radius 1 is 1.42 bits per heavy atom. The molecule has 0 radical (unpaired) electrons. The first-order valence-electron chi connectivity index (χ1n) is 4.45. The first-order valence-corrected chi connectivity index (χ1v) is 4.45. The Hall–Kier alpha value is -0.570. The Morgan fingerprint density at radius 2 is 1.92 bits per heavy atom. The summed E-state index contributed by atoms with van der Waals surface area (Å²) in [6, 6.07) is 0. The highest BCUT2D eigenvalue weighted by atomic mass is 16.5. The van der Waals surface area contributed by atoms with Gasteiger partial charge in [-0.2, -0.15) is 0 Å². The van der Waals surface area contributed by atoms with Crippen molar-refractivity contribution in [1.29, 1.82) is 0 Å². The first-order chi connectivity index (χ1) is 5.58. The van der Waals surface area contributed by atoms with Crippen molar-refractivity contribution in [2.24, 2.45) is 5.92 Å². The number of rotatable bonds is 2. The second-order valence-corrected chi connectivity index (χ2v) is 3.69. The van der Waals surface area contributed by atoms with Gasteiger partial charge in [-0.25, -0.2) is 0 Å². The molecule has 0 aliphatic carbocycles. The van der Waals surface area contributed by atoms with Crippen LogP contribution < -0.4 is 0 Å². The van der Waals surface area contributed by atoms with E-state index in [1.165, 1.54) is 0 Å². The van der Waals surface area contributed by atoms with Crippen molar-refractivity contribution in [2.75, 3.05) is 0 Å². The fraction of sp³-hybridized carbons (Fsp3) is 0.889. The predicted molar refractivity (Wildman–Crippen MR) is 45.0 cm³/mol. The lowest BCUT2D eigenvalue weighted by atomic mass is 9.90. The molecule has 1 fully saturated rings. The van der Waals surface area contributed by atoms with E-state index in [4.69, 9.17) is 9.84 Å². The van der Waals surface area contributed by atoms with Crippen LogP contribution in [0.15, 0.2) is 0 Å². The summed E-state index contributed by atoms with van der Waals surface area (Å²) in [7, 11) is 0. The van der Waals surface area contributed by atoms with E-state index in [9.17, 15) is 4.79 Å². The fourth-order valence-corrected chi connectivity index (χ4v) is 1.96. The Balaban J connectivity index is 2.38. The van der Waals surface area contributed by atoms with Gasteiger partial charge in [0.15, 0.2) is 0 Å². The summed E-state index contributed by atoms with van der Waals surface area (Å²) < 4.78 is 5.51. The van der Waals surface area contributed by atoms with Crippen LogP contribution in [0, 0.1) is 5.92 Å². The molecule has 1 unspecified atom stereocenters. The number of carbonyl (C=O) groups is 1.